The Morgan fingerprint density at radius 3 is 2.65 bits per heavy atom. The van der Waals surface area contributed by atoms with Gasteiger partial charge in [-0.1, -0.05) is 4.68 Å². The van der Waals surface area contributed by atoms with Crippen LogP contribution in [0, 0.1) is 5.82 Å². The van der Waals surface area contributed by atoms with Gasteiger partial charge < -0.3 is 15.4 Å². The van der Waals surface area contributed by atoms with E-state index in [9.17, 15) is 14.3 Å². The molecule has 0 spiro atoms. The smallest absolute Gasteiger partial charge is 0.305 e. The first-order chi connectivity index (χ1) is 12.5. The second-order valence-corrected chi connectivity index (χ2v) is 6.56. The summed E-state index contributed by atoms with van der Waals surface area (Å²) in [5.41, 5.74) is 7.49. The number of nitrogens with two attached hydrogens (primary N) is 1. The van der Waals surface area contributed by atoms with Crippen molar-refractivity contribution in [1.29, 1.82) is 0 Å². The maximum absolute atomic E-state index is 13.1. The zero-order chi connectivity index (χ0) is 18.4. The summed E-state index contributed by atoms with van der Waals surface area (Å²) < 4.78 is 18.7. The lowest BCUT2D eigenvalue weighted by Gasteiger charge is -2.01. The summed E-state index contributed by atoms with van der Waals surface area (Å²) in [6, 6.07) is 9.42. The molecular formula is C17H11FN4O3S. The molecule has 4 rings (SSSR count). The van der Waals surface area contributed by atoms with Crippen LogP contribution in [0.5, 0.6) is 5.95 Å². The number of carbonyl (C=O) groups is 1. The Balaban J connectivity index is 1.82. The third-order valence-electron chi connectivity index (χ3n) is 3.92. The molecule has 0 aliphatic heterocycles. The van der Waals surface area contributed by atoms with Crippen molar-refractivity contribution in [1.82, 2.24) is 10.3 Å². The third-order valence-corrected chi connectivity index (χ3v) is 5.03. The lowest BCUT2D eigenvalue weighted by Crippen LogP contribution is -2.37. The average Bonchev–Trinajstić information content (AvgIpc) is 3.14. The number of benzene rings is 1. The predicted octanol–water partition coefficient (Wildman–Crippen LogP) is 1.80. The Morgan fingerprint density at radius 1 is 1.27 bits per heavy atom. The van der Waals surface area contributed by atoms with Gasteiger partial charge in [0.15, 0.2) is 13.0 Å². The highest BCUT2D eigenvalue weighted by Crippen LogP contribution is 2.35. The number of halogens is 1. The summed E-state index contributed by atoms with van der Waals surface area (Å²) >= 11 is 1.08. The number of hydrogen-bond donors (Lipinski definition) is 1. The molecule has 0 radical (unpaired) electrons. The van der Waals surface area contributed by atoms with E-state index in [1.807, 2.05) is 0 Å². The maximum Gasteiger partial charge on any atom is 0.305 e. The number of nitrogens with zero attached hydrogens (tertiary/aromatic N) is 3. The molecule has 3 aromatic heterocycles. The normalized spacial score (nSPS) is 11.2. The van der Waals surface area contributed by atoms with E-state index in [-0.39, 0.29) is 22.1 Å². The van der Waals surface area contributed by atoms with E-state index < -0.39 is 11.7 Å². The molecule has 7 nitrogen and oxygen atoms in total. The molecule has 0 bridgehead atoms. The number of rotatable bonds is 3. The molecule has 3 heterocycles. The summed E-state index contributed by atoms with van der Waals surface area (Å²) in [5.74, 6) is -1.73. The fraction of sp³-hybridized carbons (Fsp3) is 0.0588. The Labute approximate surface area is 150 Å². The number of pyridine rings is 1. The largest absolute Gasteiger partial charge is 0.539 e. The van der Waals surface area contributed by atoms with E-state index in [0.29, 0.717) is 15.9 Å². The van der Waals surface area contributed by atoms with E-state index in [2.05, 4.69) is 14.8 Å². The number of hydrogen-bond acceptors (Lipinski definition) is 7. The SMILES string of the molecule is C[n+]1noc([O-])c1C(=O)c1sc2nc(-c3ccc(F)cc3)ccc2c1N. The van der Waals surface area contributed by atoms with Crippen LogP contribution in [0.2, 0.25) is 0 Å². The number of nitrogen functional groups attached to an aromatic ring is 1. The first-order valence-electron chi connectivity index (χ1n) is 7.48. The van der Waals surface area contributed by atoms with Crippen LogP contribution in [0.4, 0.5) is 10.1 Å². The molecule has 9 heteroatoms. The number of fused-ring (bicyclic) bond motifs is 1. The van der Waals surface area contributed by atoms with Gasteiger partial charge in [-0.25, -0.2) is 9.37 Å². The van der Waals surface area contributed by atoms with E-state index in [1.54, 1.807) is 24.3 Å². The number of thiophene rings is 1. The number of anilines is 1. The van der Waals surface area contributed by atoms with Crippen molar-refractivity contribution in [3.63, 3.8) is 0 Å². The van der Waals surface area contributed by atoms with E-state index >= 15 is 0 Å². The average molecular weight is 370 g/mol. The minimum atomic E-state index is -0.825. The second-order valence-electron chi connectivity index (χ2n) is 5.56. The Morgan fingerprint density at radius 2 is 2.00 bits per heavy atom. The van der Waals surface area contributed by atoms with Gasteiger partial charge in [-0.3, -0.25) is 4.79 Å². The molecule has 0 fully saturated rings. The van der Waals surface area contributed by atoms with Gasteiger partial charge in [-0.05, 0) is 36.4 Å². The molecule has 130 valence electrons. The number of ketones is 1. The van der Waals surface area contributed by atoms with Crippen molar-refractivity contribution >= 4 is 33.0 Å². The summed E-state index contributed by atoms with van der Waals surface area (Å²) in [6.45, 7) is 0. The van der Waals surface area contributed by atoms with E-state index in [0.717, 1.165) is 21.6 Å². The van der Waals surface area contributed by atoms with Crippen molar-refractivity contribution < 1.29 is 23.5 Å². The Kier molecular flexibility index (Phi) is 3.66. The lowest BCUT2D eigenvalue weighted by molar-refractivity contribution is -0.741. The molecule has 4 aromatic rings. The van der Waals surface area contributed by atoms with Crippen molar-refractivity contribution in [2.24, 2.45) is 7.05 Å². The molecular weight excluding hydrogens is 359 g/mol. The van der Waals surface area contributed by atoms with E-state index in [4.69, 9.17) is 5.73 Å². The van der Waals surface area contributed by atoms with Crippen LogP contribution in [-0.2, 0) is 7.05 Å². The van der Waals surface area contributed by atoms with Gasteiger partial charge >= 0.3 is 5.69 Å². The molecule has 26 heavy (non-hydrogen) atoms. The first-order valence-corrected chi connectivity index (χ1v) is 8.30. The van der Waals surface area contributed by atoms with E-state index in [1.165, 1.54) is 19.2 Å². The molecule has 0 saturated carbocycles. The fourth-order valence-corrected chi connectivity index (χ4v) is 3.64. The summed E-state index contributed by atoms with van der Waals surface area (Å²) in [5, 5.41) is 15.7. The number of aryl methyl sites for hydroxylation is 1. The summed E-state index contributed by atoms with van der Waals surface area (Å²) in [7, 11) is 1.44. The van der Waals surface area contributed by atoms with Crippen LogP contribution in [0.1, 0.15) is 15.4 Å². The third kappa shape index (κ3) is 2.49. The molecule has 1 aromatic carbocycles. The van der Waals surface area contributed by atoms with Gasteiger partial charge in [0.2, 0.25) is 0 Å². The van der Waals surface area contributed by atoms with Crippen LogP contribution in [-0.4, -0.2) is 16.0 Å². The predicted molar refractivity (Wildman–Crippen MR) is 90.0 cm³/mol. The fourth-order valence-electron chi connectivity index (χ4n) is 2.61. The standard InChI is InChI=1S/C17H11FN4O3S/c1-22-13(17(24)25-21-22)14(23)15-12(19)10-6-7-11(20-16(10)26-15)8-2-4-9(18)5-3-8/h2-7H,1H3,(H2-,19,21,23,24). The van der Waals surface area contributed by atoms with Crippen molar-refractivity contribution in [2.75, 3.05) is 5.73 Å². The number of carbonyl (C=O) groups excluding carboxylic acids is 1. The van der Waals surface area contributed by atoms with Gasteiger partial charge in [0, 0.05) is 10.9 Å². The zero-order valence-electron chi connectivity index (χ0n) is 13.4. The molecule has 0 saturated heterocycles. The molecule has 0 unspecified atom stereocenters. The molecule has 0 aliphatic carbocycles. The van der Waals surface area contributed by atoms with Gasteiger partial charge in [0.1, 0.15) is 15.5 Å². The first kappa shape index (κ1) is 16.2. The molecule has 0 atom stereocenters. The summed E-state index contributed by atoms with van der Waals surface area (Å²) in [6.07, 6.45) is 0. The van der Waals surface area contributed by atoms with Gasteiger partial charge in [-0.15, -0.1) is 11.3 Å². The summed E-state index contributed by atoms with van der Waals surface area (Å²) in [4.78, 5) is 17.9. The highest BCUT2D eigenvalue weighted by atomic mass is 32.1. The van der Waals surface area contributed by atoms with Gasteiger partial charge in [0.25, 0.3) is 5.78 Å². The quantitative estimate of drug-likeness (QED) is 0.435. The van der Waals surface area contributed by atoms with Crippen LogP contribution in [0.3, 0.4) is 0 Å². The Hall–Kier alpha value is -3.33. The van der Waals surface area contributed by atoms with Gasteiger partial charge in [-0.2, -0.15) is 0 Å². The molecule has 0 amide bonds. The van der Waals surface area contributed by atoms with Gasteiger partial charge in [0.05, 0.1) is 16.7 Å². The topological polar surface area (TPSA) is 109 Å². The number of aromatic nitrogens is 3. The highest BCUT2D eigenvalue weighted by molar-refractivity contribution is 7.21. The van der Waals surface area contributed by atoms with Crippen molar-refractivity contribution in [3.8, 4) is 17.2 Å². The monoisotopic (exact) mass is 370 g/mol. The zero-order valence-corrected chi connectivity index (χ0v) is 14.2. The van der Waals surface area contributed by atoms with Crippen LogP contribution >= 0.6 is 11.3 Å². The van der Waals surface area contributed by atoms with Crippen LogP contribution < -0.4 is 15.5 Å². The minimum absolute atomic E-state index is 0.194. The Bertz CT molecular complexity index is 1130. The maximum atomic E-state index is 13.1. The lowest BCUT2D eigenvalue weighted by atomic mass is 10.1. The van der Waals surface area contributed by atoms with Crippen LogP contribution in [0.15, 0.2) is 40.9 Å². The molecule has 0 aliphatic rings. The highest BCUT2D eigenvalue weighted by Gasteiger charge is 2.28. The van der Waals surface area contributed by atoms with Crippen LogP contribution in [0.25, 0.3) is 21.5 Å². The molecule has 2 N–H and O–H groups in total. The second kappa shape index (κ2) is 5.88. The van der Waals surface area contributed by atoms with Crippen molar-refractivity contribution in [2.45, 2.75) is 0 Å². The van der Waals surface area contributed by atoms with Crippen molar-refractivity contribution in [3.05, 3.63) is 52.8 Å². The minimum Gasteiger partial charge on any atom is -0.539 e.